The summed E-state index contributed by atoms with van der Waals surface area (Å²) in [6.45, 7) is 6.45. The Balaban J connectivity index is 2.52. The van der Waals surface area contributed by atoms with Crippen LogP contribution < -0.4 is 0 Å². The molecule has 96 valence electrons. The second-order valence-electron chi connectivity index (χ2n) is 5.37. The second kappa shape index (κ2) is 4.44. The number of hydrogen-bond donors (Lipinski definition) is 0. The molecule has 0 saturated heterocycles. The highest BCUT2D eigenvalue weighted by molar-refractivity contribution is 5.72. The fourth-order valence-corrected chi connectivity index (χ4v) is 2.00. The van der Waals surface area contributed by atoms with Crippen LogP contribution in [0.25, 0.3) is 5.65 Å². The Hall–Kier alpha value is -1.84. The van der Waals surface area contributed by atoms with Gasteiger partial charge in [-0.1, -0.05) is 26.8 Å². The predicted octanol–water partition coefficient (Wildman–Crippen LogP) is 2.35. The average Bonchev–Trinajstić information content (AvgIpc) is 2.71. The van der Waals surface area contributed by atoms with Crippen LogP contribution in [0.2, 0.25) is 0 Å². The Morgan fingerprint density at radius 1 is 1.44 bits per heavy atom. The third-order valence-corrected chi connectivity index (χ3v) is 2.97. The van der Waals surface area contributed by atoms with E-state index in [1.54, 1.807) is 6.20 Å². The topological polar surface area (TPSA) is 43.6 Å². The van der Waals surface area contributed by atoms with Gasteiger partial charge in [0.2, 0.25) is 0 Å². The molecule has 4 heteroatoms. The molecule has 2 rings (SSSR count). The van der Waals surface area contributed by atoms with Gasteiger partial charge in [0, 0.05) is 18.0 Å². The largest absolute Gasteiger partial charge is 0.469 e. The van der Waals surface area contributed by atoms with Crippen LogP contribution in [0.4, 0.5) is 0 Å². The van der Waals surface area contributed by atoms with E-state index in [1.165, 1.54) is 12.7 Å². The molecule has 0 radical (unpaired) electrons. The van der Waals surface area contributed by atoms with Gasteiger partial charge in [-0.2, -0.15) is 0 Å². The van der Waals surface area contributed by atoms with Crippen LogP contribution in [0.3, 0.4) is 0 Å². The minimum Gasteiger partial charge on any atom is -0.469 e. The van der Waals surface area contributed by atoms with Crippen molar-refractivity contribution in [1.29, 1.82) is 0 Å². The van der Waals surface area contributed by atoms with Crippen LogP contribution in [0, 0.1) is 0 Å². The van der Waals surface area contributed by atoms with Crippen molar-refractivity contribution in [3.05, 3.63) is 35.8 Å². The van der Waals surface area contributed by atoms with E-state index in [0.717, 1.165) is 11.3 Å². The number of hydrogen-bond acceptors (Lipinski definition) is 3. The summed E-state index contributed by atoms with van der Waals surface area (Å²) < 4.78 is 6.65. The van der Waals surface area contributed by atoms with Crippen LogP contribution in [0.15, 0.2) is 24.5 Å². The summed E-state index contributed by atoms with van der Waals surface area (Å²) in [5.41, 5.74) is 2.95. The molecule has 2 heterocycles. The number of nitrogens with zero attached hydrogens (tertiary/aromatic N) is 2. The van der Waals surface area contributed by atoms with Gasteiger partial charge in [-0.25, -0.2) is 4.98 Å². The first-order chi connectivity index (χ1) is 8.43. The number of fused-ring (bicyclic) bond motifs is 1. The van der Waals surface area contributed by atoms with Crippen molar-refractivity contribution in [3.63, 3.8) is 0 Å². The van der Waals surface area contributed by atoms with Crippen LogP contribution >= 0.6 is 0 Å². The molecule has 0 aliphatic carbocycles. The first-order valence-corrected chi connectivity index (χ1v) is 5.95. The van der Waals surface area contributed by atoms with Gasteiger partial charge in [0.25, 0.3) is 0 Å². The zero-order valence-corrected chi connectivity index (χ0v) is 11.2. The molecule has 0 N–H and O–H groups in total. The Labute approximate surface area is 107 Å². The maximum Gasteiger partial charge on any atom is 0.311 e. The Morgan fingerprint density at radius 3 is 2.78 bits per heavy atom. The molecule has 0 fully saturated rings. The van der Waals surface area contributed by atoms with E-state index in [-0.39, 0.29) is 17.8 Å². The molecule has 2 aromatic heterocycles. The number of carbonyl (C=O) groups excluding carboxylic acids is 1. The third-order valence-electron chi connectivity index (χ3n) is 2.97. The lowest BCUT2D eigenvalue weighted by Gasteiger charge is -2.19. The van der Waals surface area contributed by atoms with E-state index >= 15 is 0 Å². The van der Waals surface area contributed by atoms with E-state index < -0.39 is 0 Å². The first-order valence-electron chi connectivity index (χ1n) is 5.95. The maximum absolute atomic E-state index is 11.3. The number of methoxy groups -OCH3 is 1. The molecule has 0 aliphatic heterocycles. The van der Waals surface area contributed by atoms with Gasteiger partial charge in [0.05, 0.1) is 19.2 Å². The van der Waals surface area contributed by atoms with E-state index in [2.05, 4.69) is 36.6 Å². The quantitative estimate of drug-likeness (QED) is 0.764. The number of rotatable bonds is 2. The Kier molecular flexibility index (Phi) is 3.11. The number of pyridine rings is 1. The molecule has 0 unspecified atom stereocenters. The summed E-state index contributed by atoms with van der Waals surface area (Å²) in [5, 5.41) is 0. The standard InChI is InChI=1S/C14H18N2O2/c1-14(2,3)11-6-5-7-16-10(8-12(17)18-4)9-15-13(11)16/h5-7,9H,8H2,1-4H3. The number of carbonyl (C=O) groups is 1. The van der Waals surface area contributed by atoms with Gasteiger partial charge in [0.1, 0.15) is 5.65 Å². The minimum absolute atomic E-state index is 0.0242. The van der Waals surface area contributed by atoms with Gasteiger partial charge in [-0.3, -0.25) is 4.79 Å². The van der Waals surface area contributed by atoms with Crippen molar-refractivity contribution in [2.75, 3.05) is 7.11 Å². The van der Waals surface area contributed by atoms with Crippen LogP contribution in [0.5, 0.6) is 0 Å². The molecule has 0 bridgehead atoms. The normalized spacial score (nSPS) is 11.8. The zero-order valence-electron chi connectivity index (χ0n) is 11.2. The summed E-state index contributed by atoms with van der Waals surface area (Å²) in [4.78, 5) is 15.8. The van der Waals surface area contributed by atoms with Gasteiger partial charge < -0.3 is 9.14 Å². The lowest BCUT2D eigenvalue weighted by molar-refractivity contribution is -0.139. The van der Waals surface area contributed by atoms with Crippen molar-refractivity contribution in [2.45, 2.75) is 32.6 Å². The van der Waals surface area contributed by atoms with E-state index in [4.69, 9.17) is 0 Å². The highest BCUT2D eigenvalue weighted by Crippen LogP contribution is 2.26. The van der Waals surface area contributed by atoms with Crippen LogP contribution in [0.1, 0.15) is 32.0 Å². The van der Waals surface area contributed by atoms with Crippen molar-refractivity contribution in [3.8, 4) is 0 Å². The molecule has 0 atom stereocenters. The molecule has 0 aliphatic rings. The van der Waals surface area contributed by atoms with Crippen molar-refractivity contribution >= 4 is 11.6 Å². The summed E-state index contributed by atoms with van der Waals surface area (Å²) in [7, 11) is 1.39. The van der Waals surface area contributed by atoms with Gasteiger partial charge in [-0.05, 0) is 11.5 Å². The fourth-order valence-electron chi connectivity index (χ4n) is 2.00. The van der Waals surface area contributed by atoms with Gasteiger partial charge >= 0.3 is 5.97 Å². The molecular weight excluding hydrogens is 228 g/mol. The molecular formula is C14H18N2O2. The number of ether oxygens (including phenoxy) is 1. The third kappa shape index (κ3) is 2.23. The first kappa shape index (κ1) is 12.6. The highest BCUT2D eigenvalue weighted by atomic mass is 16.5. The van der Waals surface area contributed by atoms with Gasteiger partial charge in [-0.15, -0.1) is 0 Å². The molecule has 2 aromatic rings. The van der Waals surface area contributed by atoms with E-state index in [9.17, 15) is 4.79 Å². The number of imidazole rings is 1. The minimum atomic E-state index is -0.252. The summed E-state index contributed by atoms with van der Waals surface area (Å²) in [6, 6.07) is 4.06. The van der Waals surface area contributed by atoms with Crippen LogP contribution in [-0.2, 0) is 21.4 Å². The molecule has 0 aromatic carbocycles. The van der Waals surface area contributed by atoms with E-state index in [1.807, 2.05) is 16.7 Å². The zero-order chi connectivity index (χ0) is 13.3. The molecule has 4 nitrogen and oxygen atoms in total. The predicted molar refractivity (Wildman–Crippen MR) is 69.6 cm³/mol. The molecule has 18 heavy (non-hydrogen) atoms. The van der Waals surface area contributed by atoms with Crippen LogP contribution in [-0.4, -0.2) is 22.5 Å². The smallest absolute Gasteiger partial charge is 0.311 e. The molecule has 0 spiro atoms. The summed E-state index contributed by atoms with van der Waals surface area (Å²) in [5.74, 6) is -0.252. The van der Waals surface area contributed by atoms with E-state index in [0.29, 0.717) is 0 Å². The molecule has 0 saturated carbocycles. The highest BCUT2D eigenvalue weighted by Gasteiger charge is 2.19. The Morgan fingerprint density at radius 2 is 2.17 bits per heavy atom. The van der Waals surface area contributed by atoms with Crippen molar-refractivity contribution in [1.82, 2.24) is 9.38 Å². The number of aromatic nitrogens is 2. The maximum atomic E-state index is 11.3. The number of esters is 1. The molecule has 0 amide bonds. The van der Waals surface area contributed by atoms with Crippen molar-refractivity contribution < 1.29 is 9.53 Å². The second-order valence-corrected chi connectivity index (χ2v) is 5.37. The Bertz CT molecular complexity index is 579. The summed E-state index contributed by atoms with van der Waals surface area (Å²) in [6.07, 6.45) is 3.91. The van der Waals surface area contributed by atoms with Crippen molar-refractivity contribution in [2.24, 2.45) is 0 Å². The summed E-state index contributed by atoms with van der Waals surface area (Å²) >= 11 is 0. The van der Waals surface area contributed by atoms with Gasteiger partial charge in [0.15, 0.2) is 0 Å². The SMILES string of the molecule is COC(=O)Cc1cnc2c(C(C)(C)C)cccn12. The lowest BCUT2D eigenvalue weighted by atomic mass is 9.88. The monoisotopic (exact) mass is 246 g/mol. The fraction of sp³-hybridized carbons (Fsp3) is 0.429. The lowest BCUT2D eigenvalue weighted by Crippen LogP contribution is -2.13. The average molecular weight is 246 g/mol.